The molecule has 0 aliphatic heterocycles. The van der Waals surface area contributed by atoms with E-state index in [4.69, 9.17) is 4.74 Å². The molecule has 2 aliphatic carbocycles. The number of benzene rings is 1. The molecule has 0 spiro atoms. The molecule has 2 aliphatic rings. The standard InChI is InChI=1S/C15H17N3OS/c1-19-8-13-17-15(20-18-13)16-7-12-11-6-9-4-2-3-5-10(9)14(11)12/h2-5,11-12,14H,6-8H2,1H3,(H,16,17,18). The first-order valence-corrected chi connectivity index (χ1v) is 7.77. The van der Waals surface area contributed by atoms with E-state index in [0.717, 1.165) is 35.3 Å². The van der Waals surface area contributed by atoms with Gasteiger partial charge in [-0.25, -0.2) is 4.98 Å². The van der Waals surface area contributed by atoms with Crippen LogP contribution in [-0.2, 0) is 17.8 Å². The number of fused-ring (bicyclic) bond motifs is 3. The monoisotopic (exact) mass is 287 g/mol. The number of aromatic nitrogens is 2. The minimum absolute atomic E-state index is 0.486. The van der Waals surface area contributed by atoms with Gasteiger partial charge in [-0.15, -0.1) is 0 Å². The zero-order valence-electron chi connectivity index (χ0n) is 11.4. The first-order valence-electron chi connectivity index (χ1n) is 7.00. The van der Waals surface area contributed by atoms with Crippen LogP contribution in [0, 0.1) is 11.8 Å². The number of nitrogens with zero attached hydrogens (tertiary/aromatic N) is 2. The molecule has 1 fully saturated rings. The van der Waals surface area contributed by atoms with E-state index in [9.17, 15) is 0 Å². The van der Waals surface area contributed by atoms with Gasteiger partial charge in [-0.2, -0.15) is 4.37 Å². The Hall–Kier alpha value is -1.46. The summed E-state index contributed by atoms with van der Waals surface area (Å²) in [4.78, 5) is 4.41. The van der Waals surface area contributed by atoms with E-state index in [1.54, 1.807) is 18.2 Å². The quantitative estimate of drug-likeness (QED) is 0.918. The summed E-state index contributed by atoms with van der Waals surface area (Å²) in [7, 11) is 1.66. The predicted molar refractivity (Wildman–Crippen MR) is 79.0 cm³/mol. The lowest BCUT2D eigenvalue weighted by molar-refractivity contribution is 0.179. The Morgan fingerprint density at radius 2 is 2.30 bits per heavy atom. The van der Waals surface area contributed by atoms with E-state index >= 15 is 0 Å². The van der Waals surface area contributed by atoms with Crippen LogP contribution in [0.25, 0.3) is 0 Å². The summed E-state index contributed by atoms with van der Waals surface area (Å²) in [5.41, 5.74) is 3.12. The van der Waals surface area contributed by atoms with E-state index in [2.05, 4.69) is 38.9 Å². The van der Waals surface area contributed by atoms with Gasteiger partial charge in [0.05, 0.1) is 0 Å². The van der Waals surface area contributed by atoms with E-state index in [1.807, 2.05) is 0 Å². The van der Waals surface area contributed by atoms with Gasteiger partial charge in [0.25, 0.3) is 0 Å². The number of ether oxygens (including phenoxy) is 1. The number of rotatable bonds is 5. The SMILES string of the molecule is COCc1nsc(NCC2C3Cc4ccccc4C23)n1. The largest absolute Gasteiger partial charge is 0.377 e. The summed E-state index contributed by atoms with van der Waals surface area (Å²) >= 11 is 1.42. The lowest BCUT2D eigenvalue weighted by Crippen LogP contribution is -2.08. The molecular weight excluding hydrogens is 270 g/mol. The molecule has 0 bridgehead atoms. The van der Waals surface area contributed by atoms with Crippen LogP contribution in [0.4, 0.5) is 5.13 Å². The van der Waals surface area contributed by atoms with Crippen LogP contribution >= 0.6 is 11.5 Å². The van der Waals surface area contributed by atoms with E-state index in [0.29, 0.717) is 6.61 Å². The Balaban J connectivity index is 1.36. The van der Waals surface area contributed by atoms with Crippen LogP contribution in [0.3, 0.4) is 0 Å². The van der Waals surface area contributed by atoms with Crippen molar-refractivity contribution in [3.63, 3.8) is 0 Å². The maximum absolute atomic E-state index is 5.03. The van der Waals surface area contributed by atoms with Gasteiger partial charge in [-0.3, -0.25) is 0 Å². The zero-order valence-corrected chi connectivity index (χ0v) is 12.2. The summed E-state index contributed by atoms with van der Waals surface area (Å²) in [5.74, 6) is 3.14. The third kappa shape index (κ3) is 2.01. The van der Waals surface area contributed by atoms with Gasteiger partial charge in [-0.05, 0) is 35.3 Å². The fourth-order valence-corrected chi connectivity index (χ4v) is 4.06. The molecular formula is C15H17N3OS. The summed E-state index contributed by atoms with van der Waals surface area (Å²) < 4.78 is 9.29. The van der Waals surface area contributed by atoms with Gasteiger partial charge in [0.2, 0.25) is 5.13 Å². The van der Waals surface area contributed by atoms with Gasteiger partial charge in [0.15, 0.2) is 5.82 Å². The minimum Gasteiger partial charge on any atom is -0.377 e. The number of hydrogen-bond donors (Lipinski definition) is 1. The number of nitrogens with one attached hydrogen (secondary N) is 1. The maximum Gasteiger partial charge on any atom is 0.202 e. The molecule has 0 radical (unpaired) electrons. The van der Waals surface area contributed by atoms with Crippen LogP contribution < -0.4 is 5.32 Å². The predicted octanol–water partition coefficient (Wildman–Crippen LogP) is 2.68. The van der Waals surface area contributed by atoms with Crippen LogP contribution in [0.15, 0.2) is 24.3 Å². The topological polar surface area (TPSA) is 47.0 Å². The highest BCUT2D eigenvalue weighted by atomic mass is 32.1. The van der Waals surface area contributed by atoms with Gasteiger partial charge < -0.3 is 10.1 Å². The molecule has 1 heterocycles. The molecule has 1 aromatic heterocycles. The second-order valence-corrected chi connectivity index (χ2v) is 6.34. The van der Waals surface area contributed by atoms with Crippen molar-refractivity contribution in [2.45, 2.75) is 18.9 Å². The number of methoxy groups -OCH3 is 1. The van der Waals surface area contributed by atoms with E-state index in [-0.39, 0.29) is 0 Å². The first-order chi connectivity index (χ1) is 9.86. The second kappa shape index (κ2) is 4.82. The molecule has 5 heteroatoms. The number of hydrogen-bond acceptors (Lipinski definition) is 5. The van der Waals surface area contributed by atoms with E-state index < -0.39 is 0 Å². The highest BCUT2D eigenvalue weighted by molar-refractivity contribution is 7.09. The molecule has 4 rings (SSSR count). The van der Waals surface area contributed by atoms with Crippen molar-refractivity contribution in [2.75, 3.05) is 19.0 Å². The molecule has 0 saturated heterocycles. The van der Waals surface area contributed by atoms with E-state index in [1.165, 1.54) is 18.0 Å². The lowest BCUT2D eigenvalue weighted by Gasteiger charge is -2.07. The van der Waals surface area contributed by atoms with Crippen LogP contribution in [0.2, 0.25) is 0 Å². The molecule has 1 aromatic carbocycles. The molecule has 3 atom stereocenters. The Labute approximate surface area is 122 Å². The fraction of sp³-hybridized carbons (Fsp3) is 0.467. The molecule has 4 nitrogen and oxygen atoms in total. The third-order valence-electron chi connectivity index (χ3n) is 4.43. The van der Waals surface area contributed by atoms with Crippen molar-refractivity contribution in [2.24, 2.45) is 11.8 Å². The van der Waals surface area contributed by atoms with Crippen molar-refractivity contribution >= 4 is 16.7 Å². The lowest BCUT2D eigenvalue weighted by atomic mass is 10.0. The maximum atomic E-state index is 5.03. The smallest absolute Gasteiger partial charge is 0.202 e. The Kier molecular flexibility index (Phi) is 2.97. The average molecular weight is 287 g/mol. The Morgan fingerprint density at radius 3 is 3.20 bits per heavy atom. The average Bonchev–Trinajstić information content (AvgIpc) is 2.84. The molecule has 0 amide bonds. The highest BCUT2D eigenvalue weighted by Gasteiger charge is 2.54. The zero-order chi connectivity index (χ0) is 13.5. The first kappa shape index (κ1) is 12.3. The molecule has 20 heavy (non-hydrogen) atoms. The van der Waals surface area contributed by atoms with Gasteiger partial charge >= 0.3 is 0 Å². The van der Waals surface area contributed by atoms with Crippen molar-refractivity contribution in [1.29, 1.82) is 0 Å². The second-order valence-electron chi connectivity index (χ2n) is 5.59. The Morgan fingerprint density at radius 1 is 1.40 bits per heavy atom. The summed E-state index contributed by atoms with van der Waals surface area (Å²) in [5, 5.41) is 4.35. The van der Waals surface area contributed by atoms with Crippen LogP contribution in [0.1, 0.15) is 22.9 Å². The van der Waals surface area contributed by atoms with Gasteiger partial charge in [0.1, 0.15) is 6.61 Å². The third-order valence-corrected chi connectivity index (χ3v) is 5.14. The van der Waals surface area contributed by atoms with Crippen molar-refractivity contribution in [1.82, 2.24) is 9.36 Å². The fourth-order valence-electron chi connectivity index (χ4n) is 3.48. The summed E-state index contributed by atoms with van der Waals surface area (Å²) in [6.45, 7) is 1.49. The molecule has 104 valence electrons. The summed E-state index contributed by atoms with van der Waals surface area (Å²) in [6.07, 6.45) is 1.25. The van der Waals surface area contributed by atoms with Crippen LogP contribution in [-0.4, -0.2) is 23.0 Å². The highest BCUT2D eigenvalue weighted by Crippen LogP contribution is 2.61. The van der Waals surface area contributed by atoms with Gasteiger partial charge in [-0.1, -0.05) is 24.3 Å². The normalized spacial score (nSPS) is 26.1. The van der Waals surface area contributed by atoms with Crippen molar-refractivity contribution in [3.05, 3.63) is 41.2 Å². The van der Waals surface area contributed by atoms with Gasteiger partial charge in [0, 0.05) is 25.2 Å². The summed E-state index contributed by atoms with van der Waals surface area (Å²) in [6, 6.07) is 8.87. The van der Waals surface area contributed by atoms with Crippen LogP contribution in [0.5, 0.6) is 0 Å². The minimum atomic E-state index is 0.486. The van der Waals surface area contributed by atoms with Crippen molar-refractivity contribution < 1.29 is 4.74 Å². The van der Waals surface area contributed by atoms with Crippen molar-refractivity contribution in [3.8, 4) is 0 Å². The Bertz CT molecular complexity index is 627. The molecule has 2 aromatic rings. The number of anilines is 1. The molecule has 3 unspecified atom stereocenters. The molecule has 1 saturated carbocycles. The molecule has 1 N–H and O–H groups in total.